The topological polar surface area (TPSA) is 0 Å². The first-order chi connectivity index (χ1) is 11.3. The van der Waals surface area contributed by atoms with Gasteiger partial charge >= 0.3 is 0 Å². The Kier molecular flexibility index (Phi) is 2.33. The van der Waals surface area contributed by atoms with Crippen LogP contribution < -0.4 is 0 Å². The lowest BCUT2D eigenvalue weighted by molar-refractivity contribution is -0.0804. The molecule has 0 heterocycles. The highest BCUT2D eigenvalue weighted by Gasteiger charge is 2.70. The predicted molar refractivity (Wildman–Crippen MR) is 92.7 cm³/mol. The highest BCUT2D eigenvalue weighted by atomic mass is 14.7. The molecule has 1 spiro atoms. The molecule has 0 saturated heterocycles. The lowest BCUT2D eigenvalue weighted by Crippen LogP contribution is -2.50. The molecule has 0 nitrogen and oxygen atoms in total. The van der Waals surface area contributed by atoms with E-state index in [1.165, 1.54) is 59.2 Å². The van der Waals surface area contributed by atoms with Crippen molar-refractivity contribution in [3.05, 3.63) is 0 Å². The van der Waals surface area contributed by atoms with Gasteiger partial charge in [-0.1, -0.05) is 19.8 Å². The zero-order valence-electron chi connectivity index (χ0n) is 14.9. The Balaban J connectivity index is 1.20. The van der Waals surface area contributed by atoms with Gasteiger partial charge in [-0.3, -0.25) is 0 Å². The molecule has 0 aromatic rings. The maximum atomic E-state index is 2.71. The summed E-state index contributed by atoms with van der Waals surface area (Å²) in [5.74, 6) is 13.0. The number of rotatable bonds is 0. The van der Waals surface area contributed by atoms with Crippen molar-refractivity contribution in [1.82, 2.24) is 0 Å². The molecule has 8 unspecified atom stereocenters. The maximum Gasteiger partial charge on any atom is -0.0258 e. The van der Waals surface area contributed by atoms with Crippen LogP contribution in [0.2, 0.25) is 0 Å². The van der Waals surface area contributed by atoms with Crippen LogP contribution in [0.15, 0.2) is 0 Å². The van der Waals surface area contributed by atoms with Crippen LogP contribution >= 0.6 is 0 Å². The molecule has 0 radical (unpaired) electrons. The lowest BCUT2D eigenvalue weighted by atomic mass is 9.48. The summed E-state index contributed by atoms with van der Waals surface area (Å²) in [6, 6.07) is 0. The summed E-state index contributed by atoms with van der Waals surface area (Å²) in [5, 5.41) is 0. The second-order valence-corrected chi connectivity index (χ2v) is 11.6. The van der Waals surface area contributed by atoms with Gasteiger partial charge in [0.15, 0.2) is 0 Å². The van der Waals surface area contributed by atoms with Crippen molar-refractivity contribution in [2.45, 2.75) is 71.1 Å². The molecular formula is C23H34. The van der Waals surface area contributed by atoms with E-state index >= 15 is 0 Å². The fraction of sp³-hybridized carbons (Fsp3) is 1.00. The molecule has 0 aromatic carbocycles. The zero-order valence-corrected chi connectivity index (χ0v) is 14.9. The number of hydrogen-bond acceptors (Lipinski definition) is 0. The number of hydrogen-bond donors (Lipinski definition) is 0. The minimum atomic E-state index is 0.898. The molecule has 0 N–H and O–H groups in total. The quantitative estimate of drug-likeness (QED) is 0.533. The van der Waals surface area contributed by atoms with Crippen molar-refractivity contribution in [2.75, 3.05) is 0 Å². The van der Waals surface area contributed by atoms with Gasteiger partial charge < -0.3 is 0 Å². The third-order valence-corrected chi connectivity index (χ3v) is 11.2. The standard InChI is InChI=1S/C23H34/c1-12-6-17-18-11-23(9-15(18)10-23)19(17)5-3-2-4-16-20(12)22-14-7-13(8-14)21(16)22/h12-22H,2-11H2,1H3. The van der Waals surface area contributed by atoms with Crippen LogP contribution in [0.1, 0.15) is 71.1 Å². The Labute approximate surface area is 142 Å². The second-order valence-electron chi connectivity index (χ2n) is 11.6. The molecule has 8 atom stereocenters. The smallest absolute Gasteiger partial charge is 0.0258 e. The van der Waals surface area contributed by atoms with Crippen LogP contribution in [-0.2, 0) is 0 Å². The lowest BCUT2D eigenvalue weighted by Gasteiger charge is -2.56. The minimum Gasteiger partial charge on any atom is -0.0622 e. The predicted octanol–water partition coefficient (Wildman–Crippen LogP) is 5.77. The first-order valence-electron chi connectivity index (χ1n) is 11.3. The fourth-order valence-corrected chi connectivity index (χ4v) is 10.7. The maximum absolute atomic E-state index is 2.71. The van der Waals surface area contributed by atoms with Gasteiger partial charge in [0.1, 0.15) is 0 Å². The summed E-state index contributed by atoms with van der Waals surface area (Å²) in [5.41, 5.74) is 0.898. The third-order valence-electron chi connectivity index (χ3n) is 11.2. The van der Waals surface area contributed by atoms with E-state index in [1.54, 1.807) is 64.2 Å². The Morgan fingerprint density at radius 2 is 1.43 bits per heavy atom. The van der Waals surface area contributed by atoms with Crippen LogP contribution in [0.25, 0.3) is 0 Å². The Morgan fingerprint density at radius 3 is 2.30 bits per heavy atom. The van der Waals surface area contributed by atoms with Crippen molar-refractivity contribution >= 4 is 0 Å². The Bertz CT molecular complexity index is 536. The summed E-state index contributed by atoms with van der Waals surface area (Å²) < 4.78 is 0. The molecule has 0 amide bonds. The molecule has 9 fully saturated rings. The molecule has 5 bridgehead atoms. The van der Waals surface area contributed by atoms with Crippen LogP contribution in [-0.4, -0.2) is 0 Å². The van der Waals surface area contributed by atoms with Crippen molar-refractivity contribution in [1.29, 1.82) is 0 Å². The van der Waals surface area contributed by atoms with E-state index in [-0.39, 0.29) is 0 Å². The third kappa shape index (κ3) is 1.38. The van der Waals surface area contributed by atoms with E-state index in [0.717, 1.165) is 11.3 Å². The fourth-order valence-electron chi connectivity index (χ4n) is 10.7. The number of fused-ring (bicyclic) bond motifs is 2. The largest absolute Gasteiger partial charge is 0.0622 e. The summed E-state index contributed by atoms with van der Waals surface area (Å²) in [4.78, 5) is 0. The highest BCUT2D eigenvalue weighted by molar-refractivity contribution is 5.19. The average Bonchev–Trinajstić information content (AvgIpc) is 3.16. The van der Waals surface area contributed by atoms with Crippen LogP contribution in [0.3, 0.4) is 0 Å². The van der Waals surface area contributed by atoms with E-state index in [2.05, 4.69) is 6.92 Å². The van der Waals surface area contributed by atoms with Crippen molar-refractivity contribution in [3.8, 4) is 0 Å². The normalized spacial score (nSPS) is 70.6. The van der Waals surface area contributed by atoms with E-state index in [0.29, 0.717) is 0 Å². The monoisotopic (exact) mass is 310 g/mol. The molecule has 126 valence electrons. The molecule has 0 heteroatoms. The van der Waals surface area contributed by atoms with Crippen LogP contribution in [0.4, 0.5) is 0 Å². The van der Waals surface area contributed by atoms with E-state index in [4.69, 9.17) is 0 Å². The zero-order chi connectivity index (χ0) is 14.9. The molecule has 23 heavy (non-hydrogen) atoms. The summed E-state index contributed by atoms with van der Waals surface area (Å²) in [6.45, 7) is 2.71. The van der Waals surface area contributed by atoms with Gasteiger partial charge in [0.2, 0.25) is 0 Å². The first-order valence-corrected chi connectivity index (χ1v) is 11.3. The summed E-state index contributed by atoms with van der Waals surface area (Å²) in [6.07, 6.45) is 16.4. The van der Waals surface area contributed by atoms with Gasteiger partial charge in [-0.05, 0) is 122 Å². The van der Waals surface area contributed by atoms with Gasteiger partial charge in [-0.15, -0.1) is 0 Å². The SMILES string of the molecule is CC1CC2C3CC4(CC3C4)C2CCCCC2C1C1C3CC(C3)C21. The minimum absolute atomic E-state index is 0.898. The average molecular weight is 311 g/mol. The first kappa shape index (κ1) is 13.2. The van der Waals surface area contributed by atoms with Crippen LogP contribution in [0, 0.1) is 70.5 Å². The van der Waals surface area contributed by atoms with Gasteiger partial charge in [-0.25, -0.2) is 0 Å². The van der Waals surface area contributed by atoms with Gasteiger partial charge in [0.25, 0.3) is 0 Å². The van der Waals surface area contributed by atoms with Crippen molar-refractivity contribution in [3.63, 3.8) is 0 Å². The molecule has 9 aliphatic carbocycles. The molecule has 9 saturated carbocycles. The van der Waals surface area contributed by atoms with E-state index in [9.17, 15) is 0 Å². The summed E-state index contributed by atoms with van der Waals surface area (Å²) in [7, 11) is 0. The molecule has 0 aromatic heterocycles. The van der Waals surface area contributed by atoms with Crippen LogP contribution in [0.5, 0.6) is 0 Å². The summed E-state index contributed by atoms with van der Waals surface area (Å²) >= 11 is 0. The molecule has 0 aliphatic heterocycles. The van der Waals surface area contributed by atoms with E-state index < -0.39 is 0 Å². The Hall–Kier alpha value is 0. The highest BCUT2D eigenvalue weighted by Crippen LogP contribution is 2.78. The second kappa shape index (κ2) is 4.04. The van der Waals surface area contributed by atoms with Gasteiger partial charge in [-0.2, -0.15) is 0 Å². The van der Waals surface area contributed by atoms with Gasteiger partial charge in [0, 0.05) is 0 Å². The molecular weight excluding hydrogens is 276 g/mol. The van der Waals surface area contributed by atoms with Crippen molar-refractivity contribution in [2.24, 2.45) is 70.5 Å². The molecule has 9 aliphatic rings. The Morgan fingerprint density at radius 1 is 0.652 bits per heavy atom. The van der Waals surface area contributed by atoms with Crippen molar-refractivity contribution < 1.29 is 0 Å². The van der Waals surface area contributed by atoms with E-state index in [1.807, 2.05) is 0 Å². The van der Waals surface area contributed by atoms with Gasteiger partial charge in [0.05, 0.1) is 0 Å². The molecule has 9 rings (SSSR count).